The summed E-state index contributed by atoms with van der Waals surface area (Å²) in [7, 11) is 0. The van der Waals surface area contributed by atoms with Gasteiger partial charge in [0.05, 0.1) is 12.5 Å². The molecular weight excluding hydrogens is 314 g/mol. The number of hydrogen-bond donors (Lipinski definition) is 2. The van der Waals surface area contributed by atoms with Crippen LogP contribution in [-0.4, -0.2) is 27.0 Å². The Bertz CT molecular complexity index is 891. The summed E-state index contributed by atoms with van der Waals surface area (Å²) >= 11 is 5.17. The lowest BCUT2D eigenvalue weighted by Gasteiger charge is -2.01. The number of aromatic nitrogens is 3. The lowest BCUT2D eigenvalue weighted by atomic mass is 10.2. The Morgan fingerprint density at radius 1 is 1.39 bits per heavy atom. The molecule has 0 atom stereocenters. The molecule has 0 bridgehead atoms. The molecule has 0 aliphatic carbocycles. The number of nitrogens with one attached hydrogen (secondary N) is 2. The molecule has 0 fully saturated rings. The number of H-pyrrole nitrogens is 1. The number of aromatic amines is 1. The summed E-state index contributed by atoms with van der Waals surface area (Å²) in [5, 5.41) is 13.8. The number of rotatable bonds is 4. The first-order chi connectivity index (χ1) is 11.1. The molecule has 3 rings (SSSR count). The fraction of sp³-hybridized carbons (Fsp3) is 0.0667. The number of furan rings is 1. The molecule has 7 nitrogen and oxygen atoms in total. The van der Waals surface area contributed by atoms with Crippen molar-refractivity contribution in [3.63, 3.8) is 0 Å². The third-order valence-corrected chi connectivity index (χ3v) is 3.21. The summed E-state index contributed by atoms with van der Waals surface area (Å²) in [4.78, 5) is 11.0. The number of hydrogen-bond acceptors (Lipinski definition) is 5. The molecular formula is C15H13N5O2S. The summed E-state index contributed by atoms with van der Waals surface area (Å²) in [6.07, 6.45) is 3.21. The average Bonchev–Trinajstić information content (AvgIpc) is 3.16. The topological polar surface area (TPSA) is 88.2 Å². The van der Waals surface area contributed by atoms with E-state index in [0.717, 1.165) is 11.3 Å². The molecule has 0 saturated carbocycles. The Balaban J connectivity index is 1.85. The molecule has 2 N–H and O–H groups in total. The van der Waals surface area contributed by atoms with E-state index in [0.29, 0.717) is 16.4 Å². The predicted molar refractivity (Wildman–Crippen MR) is 88.9 cm³/mol. The van der Waals surface area contributed by atoms with E-state index in [-0.39, 0.29) is 5.91 Å². The van der Waals surface area contributed by atoms with E-state index in [4.69, 9.17) is 16.6 Å². The Morgan fingerprint density at radius 3 is 2.83 bits per heavy atom. The first-order valence-corrected chi connectivity index (χ1v) is 7.17. The maximum absolute atomic E-state index is 11.0. The third kappa shape index (κ3) is 3.43. The molecule has 0 radical (unpaired) electrons. The zero-order valence-corrected chi connectivity index (χ0v) is 13.0. The molecule has 3 aromatic rings. The fourth-order valence-electron chi connectivity index (χ4n) is 1.94. The Kier molecular flexibility index (Phi) is 4.15. The average molecular weight is 327 g/mol. The minimum absolute atomic E-state index is 0.112. The van der Waals surface area contributed by atoms with Crippen LogP contribution in [0, 0.1) is 4.77 Å². The monoisotopic (exact) mass is 327 g/mol. The van der Waals surface area contributed by atoms with E-state index in [2.05, 4.69) is 20.6 Å². The fourth-order valence-corrected chi connectivity index (χ4v) is 2.12. The van der Waals surface area contributed by atoms with E-state index >= 15 is 0 Å². The van der Waals surface area contributed by atoms with Crippen molar-refractivity contribution in [2.24, 2.45) is 5.10 Å². The smallest absolute Gasteiger partial charge is 0.221 e. The SMILES string of the molecule is CC(=O)Nc1ccc(/C=N\n2c(-c3ccco3)n[nH]c2=S)cc1. The quantitative estimate of drug-likeness (QED) is 0.569. The first kappa shape index (κ1) is 14.9. The molecule has 116 valence electrons. The van der Waals surface area contributed by atoms with Gasteiger partial charge in [-0.25, -0.2) is 5.10 Å². The molecule has 0 unspecified atom stereocenters. The summed E-state index contributed by atoms with van der Waals surface area (Å²) in [5.41, 5.74) is 1.58. The van der Waals surface area contributed by atoms with Crippen LogP contribution in [0.4, 0.5) is 5.69 Å². The number of nitrogens with zero attached hydrogens (tertiary/aromatic N) is 3. The summed E-state index contributed by atoms with van der Waals surface area (Å²) in [5.74, 6) is 0.945. The van der Waals surface area contributed by atoms with Gasteiger partial charge in [-0.2, -0.15) is 9.78 Å². The van der Waals surface area contributed by atoms with Crippen molar-refractivity contribution in [2.75, 3.05) is 5.32 Å². The highest BCUT2D eigenvalue weighted by molar-refractivity contribution is 7.71. The minimum atomic E-state index is -0.112. The van der Waals surface area contributed by atoms with Gasteiger partial charge in [0.2, 0.25) is 16.5 Å². The zero-order chi connectivity index (χ0) is 16.2. The standard InChI is InChI=1S/C15H13N5O2S/c1-10(21)17-12-6-4-11(5-7-12)9-16-20-14(18-19-15(20)23)13-3-2-8-22-13/h2-9H,1H3,(H,17,21)(H,19,23)/b16-9-. The maximum Gasteiger partial charge on any atom is 0.221 e. The summed E-state index contributed by atoms with van der Waals surface area (Å²) in [6, 6.07) is 10.8. The van der Waals surface area contributed by atoms with Gasteiger partial charge in [-0.15, -0.1) is 5.10 Å². The molecule has 0 spiro atoms. The Morgan fingerprint density at radius 2 is 2.17 bits per heavy atom. The first-order valence-electron chi connectivity index (χ1n) is 6.77. The van der Waals surface area contributed by atoms with Gasteiger partial charge in [-0.1, -0.05) is 12.1 Å². The normalized spacial score (nSPS) is 11.0. The van der Waals surface area contributed by atoms with Crippen LogP contribution in [0.25, 0.3) is 11.6 Å². The largest absolute Gasteiger partial charge is 0.461 e. The molecule has 2 heterocycles. The lowest BCUT2D eigenvalue weighted by molar-refractivity contribution is -0.114. The van der Waals surface area contributed by atoms with E-state index in [1.54, 1.807) is 36.7 Å². The van der Waals surface area contributed by atoms with Gasteiger partial charge < -0.3 is 9.73 Å². The highest BCUT2D eigenvalue weighted by Gasteiger charge is 2.10. The van der Waals surface area contributed by atoms with Gasteiger partial charge >= 0.3 is 0 Å². The lowest BCUT2D eigenvalue weighted by Crippen LogP contribution is -2.05. The van der Waals surface area contributed by atoms with E-state index < -0.39 is 0 Å². The predicted octanol–water partition coefficient (Wildman–Crippen LogP) is 3.04. The Hall–Kier alpha value is -3.00. The minimum Gasteiger partial charge on any atom is -0.461 e. The second-order valence-electron chi connectivity index (χ2n) is 4.69. The second kappa shape index (κ2) is 6.41. The van der Waals surface area contributed by atoms with Gasteiger partial charge in [0.25, 0.3) is 0 Å². The van der Waals surface area contributed by atoms with Crippen LogP contribution in [0.3, 0.4) is 0 Å². The molecule has 0 aliphatic rings. The Labute approximate surface area is 136 Å². The molecule has 1 amide bonds. The van der Waals surface area contributed by atoms with Crippen molar-refractivity contribution in [1.82, 2.24) is 14.9 Å². The van der Waals surface area contributed by atoms with Crippen LogP contribution in [0.15, 0.2) is 52.2 Å². The van der Waals surface area contributed by atoms with E-state index in [1.807, 2.05) is 12.1 Å². The van der Waals surface area contributed by atoms with Crippen molar-refractivity contribution >= 4 is 30.0 Å². The summed E-state index contributed by atoms with van der Waals surface area (Å²) in [6.45, 7) is 1.46. The van der Waals surface area contributed by atoms with Crippen LogP contribution < -0.4 is 5.32 Å². The van der Waals surface area contributed by atoms with Gasteiger partial charge in [-0.3, -0.25) is 4.79 Å². The molecule has 1 aromatic carbocycles. The van der Waals surface area contributed by atoms with Crippen LogP contribution >= 0.6 is 12.2 Å². The van der Waals surface area contributed by atoms with Gasteiger partial charge in [0, 0.05) is 12.6 Å². The maximum atomic E-state index is 11.0. The van der Waals surface area contributed by atoms with Crippen molar-refractivity contribution in [3.05, 3.63) is 53.0 Å². The second-order valence-corrected chi connectivity index (χ2v) is 5.08. The number of anilines is 1. The van der Waals surface area contributed by atoms with Gasteiger partial charge in [0.15, 0.2) is 5.76 Å². The molecule has 0 saturated heterocycles. The summed E-state index contributed by atoms with van der Waals surface area (Å²) < 4.78 is 7.16. The van der Waals surface area contributed by atoms with Crippen molar-refractivity contribution < 1.29 is 9.21 Å². The molecule has 23 heavy (non-hydrogen) atoms. The van der Waals surface area contributed by atoms with E-state index in [1.165, 1.54) is 11.6 Å². The van der Waals surface area contributed by atoms with Crippen LogP contribution in [-0.2, 0) is 4.79 Å². The zero-order valence-electron chi connectivity index (χ0n) is 12.2. The number of amides is 1. The molecule has 2 aromatic heterocycles. The van der Waals surface area contributed by atoms with E-state index in [9.17, 15) is 4.79 Å². The third-order valence-electron chi connectivity index (χ3n) is 2.95. The highest BCUT2D eigenvalue weighted by Crippen LogP contribution is 2.17. The molecule has 0 aliphatic heterocycles. The molecule has 8 heteroatoms. The van der Waals surface area contributed by atoms with Crippen molar-refractivity contribution in [2.45, 2.75) is 6.92 Å². The number of carbonyl (C=O) groups is 1. The van der Waals surface area contributed by atoms with Crippen molar-refractivity contribution in [1.29, 1.82) is 0 Å². The number of benzene rings is 1. The van der Waals surface area contributed by atoms with Crippen molar-refractivity contribution in [3.8, 4) is 11.6 Å². The van der Waals surface area contributed by atoms with Gasteiger partial charge in [-0.05, 0) is 42.0 Å². The van der Waals surface area contributed by atoms with Crippen LogP contribution in [0.2, 0.25) is 0 Å². The van der Waals surface area contributed by atoms with Crippen LogP contribution in [0.5, 0.6) is 0 Å². The number of carbonyl (C=O) groups excluding carboxylic acids is 1. The highest BCUT2D eigenvalue weighted by atomic mass is 32.1. The van der Waals surface area contributed by atoms with Gasteiger partial charge in [0.1, 0.15) is 0 Å². The van der Waals surface area contributed by atoms with Crippen LogP contribution in [0.1, 0.15) is 12.5 Å².